The van der Waals surface area contributed by atoms with Gasteiger partial charge in [0.1, 0.15) is 0 Å². The Morgan fingerprint density at radius 3 is 2.33 bits per heavy atom. The molecule has 27 heavy (non-hydrogen) atoms. The Hall–Kier alpha value is -4.14. The Morgan fingerprint density at radius 2 is 1.67 bits per heavy atom. The fourth-order valence-corrected chi connectivity index (χ4v) is 2.26. The lowest BCUT2D eigenvalue weighted by Gasteiger charge is -1.98. The van der Waals surface area contributed by atoms with Crippen LogP contribution in [0.15, 0.2) is 71.4 Å². The molecule has 2 aromatic carbocycles. The topological polar surface area (TPSA) is 125 Å². The highest BCUT2D eigenvalue weighted by molar-refractivity contribution is 6.11. The normalized spacial score (nSPS) is 15.0. The Labute approximate surface area is 152 Å². The van der Waals surface area contributed by atoms with Gasteiger partial charge in [-0.2, -0.15) is 0 Å². The molecule has 0 aromatic heterocycles. The van der Waals surface area contributed by atoms with Crippen LogP contribution in [-0.2, 0) is 9.53 Å². The van der Waals surface area contributed by atoms with Crippen LogP contribution in [0, 0.1) is 20.2 Å². The van der Waals surface area contributed by atoms with E-state index >= 15 is 0 Å². The third kappa shape index (κ3) is 4.10. The van der Waals surface area contributed by atoms with E-state index in [0.29, 0.717) is 11.1 Å². The van der Waals surface area contributed by atoms with E-state index in [0.717, 1.165) is 0 Å². The molecule has 0 N–H and O–H groups in total. The summed E-state index contributed by atoms with van der Waals surface area (Å²) in [6.07, 6.45) is 4.53. The maximum absolute atomic E-state index is 11.9. The van der Waals surface area contributed by atoms with E-state index in [2.05, 4.69) is 4.99 Å². The summed E-state index contributed by atoms with van der Waals surface area (Å²) in [6.45, 7) is 0. The van der Waals surface area contributed by atoms with E-state index in [9.17, 15) is 25.0 Å². The Balaban J connectivity index is 1.78. The predicted octanol–water partition coefficient (Wildman–Crippen LogP) is 3.40. The van der Waals surface area contributed by atoms with Gasteiger partial charge in [0.05, 0.1) is 9.85 Å². The summed E-state index contributed by atoms with van der Waals surface area (Å²) in [4.78, 5) is 36.4. The molecule has 134 valence electrons. The molecule has 0 atom stereocenters. The number of hydrogen-bond donors (Lipinski definition) is 0. The lowest BCUT2D eigenvalue weighted by atomic mass is 10.2. The Kier molecular flexibility index (Phi) is 4.84. The maximum Gasteiger partial charge on any atom is 0.363 e. The predicted molar refractivity (Wildman–Crippen MR) is 95.9 cm³/mol. The molecule has 0 radical (unpaired) electrons. The van der Waals surface area contributed by atoms with E-state index in [1.165, 1.54) is 48.6 Å². The highest BCUT2D eigenvalue weighted by atomic mass is 16.6. The molecule has 9 heteroatoms. The molecule has 0 bridgehead atoms. The summed E-state index contributed by atoms with van der Waals surface area (Å²) in [6, 6.07) is 11.5. The quantitative estimate of drug-likeness (QED) is 0.346. The molecule has 0 aliphatic carbocycles. The van der Waals surface area contributed by atoms with Crippen molar-refractivity contribution in [1.29, 1.82) is 0 Å². The van der Waals surface area contributed by atoms with Gasteiger partial charge in [0.25, 0.3) is 11.4 Å². The number of allylic oxidation sites excluding steroid dienone is 2. The lowest BCUT2D eigenvalue weighted by molar-refractivity contribution is -0.385. The minimum absolute atomic E-state index is 0.0384. The van der Waals surface area contributed by atoms with Gasteiger partial charge < -0.3 is 4.74 Å². The van der Waals surface area contributed by atoms with Crippen LogP contribution >= 0.6 is 0 Å². The van der Waals surface area contributed by atoms with Gasteiger partial charge in [-0.25, -0.2) is 9.79 Å². The molecule has 1 heterocycles. The molecule has 0 saturated heterocycles. The van der Waals surface area contributed by atoms with Crippen molar-refractivity contribution >= 4 is 29.3 Å². The van der Waals surface area contributed by atoms with Crippen molar-refractivity contribution in [3.05, 3.63) is 97.7 Å². The monoisotopic (exact) mass is 365 g/mol. The molecule has 3 rings (SSSR count). The summed E-state index contributed by atoms with van der Waals surface area (Å²) < 4.78 is 5.06. The number of hydrogen-bond acceptors (Lipinski definition) is 7. The number of aliphatic imine (C=N–C) groups is 1. The minimum Gasteiger partial charge on any atom is -0.402 e. The summed E-state index contributed by atoms with van der Waals surface area (Å²) in [5.74, 6) is -0.614. The summed E-state index contributed by atoms with van der Waals surface area (Å²) >= 11 is 0. The van der Waals surface area contributed by atoms with Crippen LogP contribution in [0.1, 0.15) is 11.1 Å². The molecule has 2 aromatic rings. The van der Waals surface area contributed by atoms with E-state index in [4.69, 9.17) is 4.74 Å². The molecular weight excluding hydrogens is 354 g/mol. The zero-order valence-corrected chi connectivity index (χ0v) is 13.6. The lowest BCUT2D eigenvalue weighted by Crippen LogP contribution is -2.05. The number of benzene rings is 2. The van der Waals surface area contributed by atoms with Crippen LogP contribution < -0.4 is 0 Å². The average Bonchev–Trinajstić information content (AvgIpc) is 3.03. The number of carbonyl (C=O) groups excluding carboxylic acids is 1. The largest absolute Gasteiger partial charge is 0.402 e. The fraction of sp³-hybridized carbons (Fsp3) is 0. The minimum atomic E-state index is -0.660. The number of carbonyl (C=O) groups is 1. The third-order valence-electron chi connectivity index (χ3n) is 3.57. The summed E-state index contributed by atoms with van der Waals surface area (Å²) in [5, 5.41) is 21.4. The van der Waals surface area contributed by atoms with Crippen molar-refractivity contribution in [2.24, 2.45) is 4.99 Å². The average molecular weight is 365 g/mol. The van der Waals surface area contributed by atoms with Crippen molar-refractivity contribution in [3.63, 3.8) is 0 Å². The molecule has 0 unspecified atom stereocenters. The van der Waals surface area contributed by atoms with Crippen molar-refractivity contribution in [2.75, 3.05) is 0 Å². The molecule has 0 saturated carbocycles. The molecule has 0 amide bonds. The Morgan fingerprint density at radius 1 is 0.963 bits per heavy atom. The van der Waals surface area contributed by atoms with E-state index in [1.807, 2.05) is 0 Å². The van der Waals surface area contributed by atoms with Gasteiger partial charge in [-0.1, -0.05) is 24.3 Å². The van der Waals surface area contributed by atoms with Crippen LogP contribution in [0.2, 0.25) is 0 Å². The number of rotatable bonds is 5. The number of cyclic esters (lactones) is 1. The molecule has 9 nitrogen and oxygen atoms in total. The molecular formula is C18H11N3O6. The fourth-order valence-electron chi connectivity index (χ4n) is 2.26. The highest BCUT2D eigenvalue weighted by Crippen LogP contribution is 2.19. The third-order valence-corrected chi connectivity index (χ3v) is 3.57. The maximum atomic E-state index is 11.9. The van der Waals surface area contributed by atoms with Crippen LogP contribution in [-0.4, -0.2) is 21.7 Å². The number of non-ortho nitro benzene ring substituents is 2. The van der Waals surface area contributed by atoms with E-state index < -0.39 is 15.8 Å². The van der Waals surface area contributed by atoms with Gasteiger partial charge in [-0.15, -0.1) is 0 Å². The standard InChI is InChI=1S/C18H11N3O6/c22-18-16(6-2-4-12-3-1-5-15(11-12)21(25)26)19-17(27-18)13-7-9-14(10-8-13)20(23)24/h1-11H/b4-2+,16-6-. The van der Waals surface area contributed by atoms with E-state index in [-0.39, 0.29) is 23.0 Å². The van der Waals surface area contributed by atoms with Crippen LogP contribution in [0.25, 0.3) is 6.08 Å². The van der Waals surface area contributed by atoms with Crippen molar-refractivity contribution < 1.29 is 19.4 Å². The van der Waals surface area contributed by atoms with Crippen LogP contribution in [0.3, 0.4) is 0 Å². The van der Waals surface area contributed by atoms with Gasteiger partial charge in [0.15, 0.2) is 5.70 Å². The van der Waals surface area contributed by atoms with E-state index in [1.54, 1.807) is 18.2 Å². The van der Waals surface area contributed by atoms with Gasteiger partial charge >= 0.3 is 5.97 Å². The number of nitrogens with zero attached hydrogens (tertiary/aromatic N) is 3. The SMILES string of the molecule is O=C1OC(c2ccc([N+](=O)[O-])cc2)=N/C1=C\C=C\c1cccc([N+](=O)[O-])c1. The Bertz CT molecular complexity index is 1020. The number of nitro groups is 2. The summed E-state index contributed by atoms with van der Waals surface area (Å²) in [7, 11) is 0. The van der Waals surface area contributed by atoms with Crippen LogP contribution in [0.4, 0.5) is 11.4 Å². The van der Waals surface area contributed by atoms with Gasteiger partial charge in [0, 0.05) is 29.8 Å². The first-order valence-electron chi connectivity index (χ1n) is 7.62. The second kappa shape index (κ2) is 7.40. The zero-order chi connectivity index (χ0) is 19.4. The van der Waals surface area contributed by atoms with Crippen molar-refractivity contribution in [1.82, 2.24) is 0 Å². The van der Waals surface area contributed by atoms with Gasteiger partial charge in [0.2, 0.25) is 5.90 Å². The van der Waals surface area contributed by atoms with Gasteiger partial charge in [-0.05, 0) is 23.8 Å². The van der Waals surface area contributed by atoms with Crippen molar-refractivity contribution in [2.45, 2.75) is 0 Å². The summed E-state index contributed by atoms with van der Waals surface area (Å²) in [5.41, 5.74) is 0.944. The number of esters is 1. The second-order valence-corrected chi connectivity index (χ2v) is 5.37. The molecule has 0 fully saturated rings. The molecule has 1 aliphatic heterocycles. The van der Waals surface area contributed by atoms with Crippen molar-refractivity contribution in [3.8, 4) is 0 Å². The first-order chi connectivity index (χ1) is 12.9. The number of nitro benzene ring substituents is 2. The molecule has 0 spiro atoms. The number of ether oxygens (including phenoxy) is 1. The smallest absolute Gasteiger partial charge is 0.363 e. The highest BCUT2D eigenvalue weighted by Gasteiger charge is 2.23. The zero-order valence-electron chi connectivity index (χ0n) is 13.6. The molecule has 1 aliphatic rings. The second-order valence-electron chi connectivity index (χ2n) is 5.37. The first kappa shape index (κ1) is 17.7. The first-order valence-corrected chi connectivity index (χ1v) is 7.62. The van der Waals surface area contributed by atoms with Gasteiger partial charge in [-0.3, -0.25) is 20.2 Å². The van der Waals surface area contributed by atoms with Crippen LogP contribution in [0.5, 0.6) is 0 Å².